The zero-order valence-electron chi connectivity index (χ0n) is 12.1. The summed E-state index contributed by atoms with van der Waals surface area (Å²) >= 11 is 0. The predicted molar refractivity (Wildman–Crippen MR) is 77.5 cm³/mol. The van der Waals surface area contributed by atoms with Crippen molar-refractivity contribution in [3.05, 3.63) is 35.9 Å². The van der Waals surface area contributed by atoms with Crippen molar-refractivity contribution in [3.8, 4) is 0 Å². The highest BCUT2D eigenvalue weighted by Crippen LogP contribution is 2.06. The number of nitrogens with one attached hydrogen (secondary N) is 1. The lowest BCUT2D eigenvalue weighted by Crippen LogP contribution is -2.41. The summed E-state index contributed by atoms with van der Waals surface area (Å²) in [5, 5.41) is 2.15. The molecule has 5 nitrogen and oxygen atoms in total. The van der Waals surface area contributed by atoms with Gasteiger partial charge in [-0.15, -0.1) is 5.59 Å². The molecule has 0 aliphatic carbocycles. The van der Waals surface area contributed by atoms with Gasteiger partial charge in [-0.05, 0) is 25.3 Å². The maximum absolute atomic E-state index is 9.18. The second-order valence-corrected chi connectivity index (χ2v) is 4.46. The number of hydrogen-bond donors (Lipinski definition) is 1. The molecule has 1 aromatic carbocycles. The zero-order valence-corrected chi connectivity index (χ0v) is 12.1. The lowest BCUT2D eigenvalue weighted by molar-refractivity contribution is -0.128. The quantitative estimate of drug-likeness (QED) is 0.640. The van der Waals surface area contributed by atoms with E-state index in [4.69, 9.17) is 4.84 Å². The van der Waals surface area contributed by atoms with E-state index in [1.165, 1.54) is 24.8 Å². The van der Waals surface area contributed by atoms with Crippen LogP contribution in [0, 0.1) is 0 Å². The van der Waals surface area contributed by atoms with Gasteiger partial charge in [0.15, 0.2) is 0 Å². The van der Waals surface area contributed by atoms with Gasteiger partial charge in [0.2, 0.25) is 0 Å². The first-order chi connectivity index (χ1) is 9.86. The van der Waals surface area contributed by atoms with E-state index in [2.05, 4.69) is 27.5 Å². The first kappa shape index (κ1) is 16.6. The van der Waals surface area contributed by atoms with E-state index in [0.29, 0.717) is 19.7 Å². The maximum atomic E-state index is 9.18. The molecule has 0 spiro atoms. The minimum Gasteiger partial charge on any atom is -0.468 e. The van der Waals surface area contributed by atoms with E-state index < -0.39 is 0 Å². The van der Waals surface area contributed by atoms with Gasteiger partial charge in [0.25, 0.3) is 6.47 Å². The van der Waals surface area contributed by atoms with Gasteiger partial charge >= 0.3 is 0 Å². The van der Waals surface area contributed by atoms with E-state index in [-0.39, 0.29) is 0 Å². The summed E-state index contributed by atoms with van der Waals surface area (Å²) in [6, 6.07) is 10.2. The SMILES string of the molecule is CCOC=O.c1ccc(CONN2CCCCC2)cc1. The number of benzene rings is 1. The molecule has 0 atom stereocenters. The number of nitrogens with zero attached hydrogens (tertiary/aromatic N) is 1. The van der Waals surface area contributed by atoms with E-state index in [1.54, 1.807) is 6.92 Å². The Hall–Kier alpha value is -1.43. The first-order valence-electron chi connectivity index (χ1n) is 7.08. The highest BCUT2D eigenvalue weighted by Gasteiger charge is 2.08. The van der Waals surface area contributed by atoms with Crippen LogP contribution in [0.1, 0.15) is 31.7 Å². The Kier molecular flexibility index (Phi) is 9.48. The highest BCUT2D eigenvalue weighted by molar-refractivity contribution is 5.36. The van der Waals surface area contributed by atoms with Crippen molar-refractivity contribution in [1.29, 1.82) is 0 Å². The molecule has 0 saturated carbocycles. The summed E-state index contributed by atoms with van der Waals surface area (Å²) in [7, 11) is 0. The van der Waals surface area contributed by atoms with Crippen LogP contribution in [-0.4, -0.2) is 31.2 Å². The van der Waals surface area contributed by atoms with Crippen LogP contribution in [0.25, 0.3) is 0 Å². The molecule has 1 aliphatic rings. The fourth-order valence-electron chi connectivity index (χ4n) is 1.83. The topological polar surface area (TPSA) is 50.8 Å². The Morgan fingerprint density at radius 2 is 1.90 bits per heavy atom. The third-order valence-electron chi connectivity index (χ3n) is 2.87. The van der Waals surface area contributed by atoms with E-state index >= 15 is 0 Å². The van der Waals surface area contributed by atoms with Crippen molar-refractivity contribution >= 4 is 6.47 Å². The van der Waals surface area contributed by atoms with Crippen molar-refractivity contribution in [3.63, 3.8) is 0 Å². The molecule has 1 heterocycles. The Labute approximate surface area is 120 Å². The zero-order chi connectivity index (χ0) is 14.5. The molecule has 1 aliphatic heterocycles. The third-order valence-corrected chi connectivity index (χ3v) is 2.87. The van der Waals surface area contributed by atoms with Crippen LogP contribution in [0.5, 0.6) is 0 Å². The molecular weight excluding hydrogens is 256 g/mol. The number of piperidine rings is 1. The molecule has 0 amide bonds. The van der Waals surface area contributed by atoms with Crippen molar-refractivity contribution in [2.45, 2.75) is 32.8 Å². The van der Waals surface area contributed by atoms with Gasteiger partial charge in [-0.1, -0.05) is 36.8 Å². The lowest BCUT2D eigenvalue weighted by atomic mass is 10.2. The maximum Gasteiger partial charge on any atom is 0.293 e. The minimum absolute atomic E-state index is 0.431. The van der Waals surface area contributed by atoms with Gasteiger partial charge in [-0.25, -0.2) is 5.01 Å². The number of ether oxygens (including phenoxy) is 1. The summed E-state index contributed by atoms with van der Waals surface area (Å²) in [5.41, 5.74) is 4.20. The van der Waals surface area contributed by atoms with Crippen LogP contribution in [-0.2, 0) is 21.0 Å². The van der Waals surface area contributed by atoms with Gasteiger partial charge in [-0.3, -0.25) is 9.63 Å². The average Bonchev–Trinajstić information content (AvgIpc) is 2.51. The molecule has 1 fully saturated rings. The summed E-state index contributed by atoms with van der Waals surface area (Å²) < 4.78 is 4.15. The van der Waals surface area contributed by atoms with Crippen LogP contribution in [0.4, 0.5) is 0 Å². The van der Waals surface area contributed by atoms with E-state index in [9.17, 15) is 4.79 Å². The number of carbonyl (C=O) groups is 1. The second kappa shape index (κ2) is 11.4. The molecule has 0 unspecified atom stereocenters. The number of rotatable bonds is 6. The Balaban J connectivity index is 0.000000347. The van der Waals surface area contributed by atoms with Crippen molar-refractivity contribution in [2.75, 3.05) is 19.7 Å². The van der Waals surface area contributed by atoms with Gasteiger partial charge in [0.1, 0.15) is 0 Å². The number of carbonyl (C=O) groups excluding carboxylic acids is 1. The summed E-state index contributed by atoms with van der Waals surface area (Å²) in [6.45, 7) is 5.47. The molecule has 1 saturated heterocycles. The monoisotopic (exact) mass is 280 g/mol. The smallest absolute Gasteiger partial charge is 0.293 e. The fourth-order valence-corrected chi connectivity index (χ4v) is 1.83. The Morgan fingerprint density at radius 1 is 1.20 bits per heavy atom. The fraction of sp³-hybridized carbons (Fsp3) is 0.533. The normalized spacial score (nSPS) is 15.1. The Bertz CT molecular complexity index is 340. The van der Waals surface area contributed by atoms with Crippen molar-refractivity contribution in [1.82, 2.24) is 10.6 Å². The molecule has 1 N–H and O–H groups in total. The number of hydrogen-bond acceptors (Lipinski definition) is 5. The van der Waals surface area contributed by atoms with E-state index in [0.717, 1.165) is 13.1 Å². The molecule has 112 valence electrons. The molecule has 20 heavy (non-hydrogen) atoms. The van der Waals surface area contributed by atoms with Crippen LogP contribution in [0.15, 0.2) is 30.3 Å². The molecule has 0 aromatic heterocycles. The Morgan fingerprint density at radius 3 is 2.45 bits per heavy atom. The molecule has 1 aromatic rings. The van der Waals surface area contributed by atoms with Crippen LogP contribution >= 0.6 is 0 Å². The molecule has 5 heteroatoms. The third kappa shape index (κ3) is 7.89. The first-order valence-corrected chi connectivity index (χ1v) is 7.08. The average molecular weight is 280 g/mol. The summed E-state index contributed by atoms with van der Waals surface area (Å²) in [6.07, 6.45) is 3.88. The summed E-state index contributed by atoms with van der Waals surface area (Å²) in [4.78, 5) is 14.6. The largest absolute Gasteiger partial charge is 0.468 e. The second-order valence-electron chi connectivity index (χ2n) is 4.46. The molecular formula is C15H24N2O3. The molecule has 0 bridgehead atoms. The van der Waals surface area contributed by atoms with Crippen molar-refractivity contribution in [2.24, 2.45) is 0 Å². The highest BCUT2D eigenvalue weighted by atomic mass is 16.7. The van der Waals surface area contributed by atoms with Crippen LogP contribution < -0.4 is 5.59 Å². The van der Waals surface area contributed by atoms with Gasteiger partial charge in [0, 0.05) is 13.1 Å². The van der Waals surface area contributed by atoms with Crippen LogP contribution in [0.2, 0.25) is 0 Å². The number of hydrazine groups is 1. The van der Waals surface area contributed by atoms with Gasteiger partial charge in [-0.2, -0.15) is 0 Å². The standard InChI is InChI=1S/C12H18N2O.C3H6O2/c1-3-7-12(8-4-1)11-15-13-14-9-5-2-6-10-14;1-2-5-3-4/h1,3-4,7-8,13H,2,5-6,9-11H2;3H,2H2,1H3. The minimum atomic E-state index is 0.431. The van der Waals surface area contributed by atoms with Crippen LogP contribution in [0.3, 0.4) is 0 Å². The van der Waals surface area contributed by atoms with Gasteiger partial charge < -0.3 is 4.74 Å². The molecule has 0 radical (unpaired) electrons. The van der Waals surface area contributed by atoms with E-state index in [1.807, 2.05) is 18.2 Å². The van der Waals surface area contributed by atoms with Gasteiger partial charge in [0.05, 0.1) is 13.2 Å². The summed E-state index contributed by atoms with van der Waals surface area (Å²) in [5.74, 6) is 0. The predicted octanol–water partition coefficient (Wildman–Crippen LogP) is 2.29. The molecule has 2 rings (SSSR count). The van der Waals surface area contributed by atoms with Crippen molar-refractivity contribution < 1.29 is 14.4 Å². The lowest BCUT2D eigenvalue weighted by Gasteiger charge is -2.26.